The van der Waals surface area contributed by atoms with Crippen LogP contribution in [0.5, 0.6) is 0 Å². The summed E-state index contributed by atoms with van der Waals surface area (Å²) in [6.07, 6.45) is 2.31. The highest BCUT2D eigenvalue weighted by Gasteiger charge is 2.31. The van der Waals surface area contributed by atoms with Gasteiger partial charge in [-0.3, -0.25) is 5.41 Å². The molecule has 1 saturated carbocycles. The van der Waals surface area contributed by atoms with Crippen molar-refractivity contribution in [1.82, 2.24) is 0 Å². The second kappa shape index (κ2) is 6.30. The maximum absolute atomic E-state index is 9.25. The Hall–Kier alpha value is -1.20. The summed E-state index contributed by atoms with van der Waals surface area (Å²) < 4.78 is 0. The molecule has 0 heterocycles. The number of rotatable bonds is 7. The molecule has 0 aliphatic heterocycles. The minimum atomic E-state index is 0.107. The van der Waals surface area contributed by atoms with Crippen LogP contribution >= 0.6 is 11.8 Å². The van der Waals surface area contributed by atoms with Gasteiger partial charge in [-0.15, -0.1) is 11.8 Å². The number of aliphatic hydroxyl groups is 1. The van der Waals surface area contributed by atoms with Gasteiger partial charge in [0.15, 0.2) is 0 Å². The molecule has 4 nitrogen and oxygen atoms in total. The van der Waals surface area contributed by atoms with Crippen LogP contribution in [0.2, 0.25) is 0 Å². The van der Waals surface area contributed by atoms with Gasteiger partial charge in [-0.05, 0) is 30.7 Å². The molecule has 0 aromatic heterocycles. The lowest BCUT2D eigenvalue weighted by molar-refractivity contribution is 0.301. The highest BCUT2D eigenvalue weighted by molar-refractivity contribution is 7.99. The fraction of sp³-hybridized carbons (Fsp3) is 0.500. The third-order valence-electron chi connectivity index (χ3n) is 3.21. The second-order valence-electron chi connectivity index (χ2n) is 4.65. The number of nitrogens with one attached hydrogen (secondary N) is 1. The lowest BCUT2D eigenvalue weighted by atomic mass is 10.1. The number of anilines is 1. The summed E-state index contributed by atoms with van der Waals surface area (Å²) in [5, 5.41) is 17.1. The minimum absolute atomic E-state index is 0.107. The number of benzene rings is 1. The summed E-state index contributed by atoms with van der Waals surface area (Å²) >= 11 is 1.70. The van der Waals surface area contributed by atoms with E-state index in [1.165, 1.54) is 0 Å². The minimum Gasteiger partial charge on any atom is -0.395 e. The Bertz CT molecular complexity index is 460. The van der Waals surface area contributed by atoms with Crippen molar-refractivity contribution in [1.29, 1.82) is 5.41 Å². The van der Waals surface area contributed by atoms with Crippen molar-refractivity contribution in [3.05, 3.63) is 23.8 Å². The lowest BCUT2D eigenvalue weighted by Crippen LogP contribution is -2.31. The summed E-state index contributed by atoms with van der Waals surface area (Å²) in [5.41, 5.74) is 7.58. The number of amidine groups is 1. The number of aliphatic hydroxyl groups excluding tert-OH is 1. The van der Waals surface area contributed by atoms with Crippen LogP contribution in [-0.2, 0) is 0 Å². The van der Waals surface area contributed by atoms with E-state index in [0.717, 1.165) is 34.7 Å². The maximum Gasteiger partial charge on any atom is 0.126 e. The molecule has 0 amide bonds. The summed E-state index contributed by atoms with van der Waals surface area (Å²) in [6.45, 7) is 2.82. The predicted octanol–water partition coefficient (Wildman–Crippen LogP) is 2.04. The first-order chi connectivity index (χ1) is 9.19. The van der Waals surface area contributed by atoms with E-state index in [1.54, 1.807) is 11.8 Å². The summed E-state index contributed by atoms with van der Waals surface area (Å²) in [6, 6.07) is 6.52. The molecule has 4 N–H and O–H groups in total. The van der Waals surface area contributed by atoms with Crippen molar-refractivity contribution < 1.29 is 5.11 Å². The molecule has 0 unspecified atom stereocenters. The molecule has 1 aromatic rings. The molecule has 0 radical (unpaired) electrons. The number of nitrogen functional groups attached to an aromatic ring is 1. The summed E-state index contributed by atoms with van der Waals surface area (Å²) in [7, 11) is 0. The number of hydrogen-bond acceptors (Lipinski definition) is 4. The summed E-state index contributed by atoms with van der Waals surface area (Å²) in [4.78, 5) is 3.24. The van der Waals surface area contributed by atoms with E-state index in [1.807, 2.05) is 18.2 Å². The van der Waals surface area contributed by atoms with Crippen LogP contribution in [0.15, 0.2) is 23.1 Å². The molecule has 104 valence electrons. The van der Waals surface area contributed by atoms with Crippen molar-refractivity contribution in [2.24, 2.45) is 5.73 Å². The topological polar surface area (TPSA) is 73.3 Å². The van der Waals surface area contributed by atoms with Crippen LogP contribution in [0.1, 0.15) is 25.3 Å². The van der Waals surface area contributed by atoms with Crippen LogP contribution in [0.3, 0.4) is 0 Å². The molecular formula is C14H21N3OS. The highest BCUT2D eigenvalue weighted by atomic mass is 32.2. The third-order valence-corrected chi connectivity index (χ3v) is 4.15. The second-order valence-corrected chi connectivity index (χ2v) is 5.95. The Morgan fingerprint density at radius 2 is 2.26 bits per heavy atom. The fourth-order valence-electron chi connectivity index (χ4n) is 2.30. The van der Waals surface area contributed by atoms with Crippen molar-refractivity contribution >= 4 is 23.3 Å². The van der Waals surface area contributed by atoms with E-state index in [-0.39, 0.29) is 12.4 Å². The Morgan fingerprint density at radius 3 is 2.79 bits per heavy atom. The van der Waals surface area contributed by atoms with E-state index in [0.29, 0.717) is 12.6 Å². The third kappa shape index (κ3) is 3.22. The number of hydrogen-bond donors (Lipinski definition) is 3. The van der Waals surface area contributed by atoms with Crippen LogP contribution in [-0.4, -0.2) is 35.9 Å². The molecule has 1 fully saturated rings. The van der Waals surface area contributed by atoms with E-state index in [9.17, 15) is 5.11 Å². The zero-order chi connectivity index (χ0) is 13.8. The standard InChI is InChI=1S/C14H21N3OS/c1-2-19-12-5-3-4-11(13(12)14(15)16)17(8-9-18)10-6-7-10/h3-5,10,18H,2,6-9H2,1H3,(H3,15,16). The Kier molecular flexibility index (Phi) is 4.71. The van der Waals surface area contributed by atoms with Crippen molar-refractivity contribution in [2.45, 2.75) is 30.7 Å². The lowest BCUT2D eigenvalue weighted by Gasteiger charge is -2.27. The Balaban J connectivity index is 2.41. The molecule has 0 saturated heterocycles. The zero-order valence-electron chi connectivity index (χ0n) is 11.2. The van der Waals surface area contributed by atoms with Crippen LogP contribution in [0.4, 0.5) is 5.69 Å². The van der Waals surface area contributed by atoms with Gasteiger partial charge in [0.1, 0.15) is 5.84 Å². The van der Waals surface area contributed by atoms with Gasteiger partial charge >= 0.3 is 0 Å². The maximum atomic E-state index is 9.25. The molecule has 19 heavy (non-hydrogen) atoms. The van der Waals surface area contributed by atoms with Gasteiger partial charge in [-0.25, -0.2) is 0 Å². The first-order valence-corrected chi connectivity index (χ1v) is 7.65. The average Bonchev–Trinajstić information content (AvgIpc) is 3.20. The number of thioether (sulfide) groups is 1. The molecule has 2 rings (SSSR count). The quantitative estimate of drug-likeness (QED) is 0.406. The molecule has 1 aromatic carbocycles. The SMILES string of the molecule is CCSc1cccc(N(CCO)C2CC2)c1C(=N)N. The van der Waals surface area contributed by atoms with Crippen LogP contribution < -0.4 is 10.6 Å². The van der Waals surface area contributed by atoms with Crippen LogP contribution in [0.25, 0.3) is 0 Å². The van der Waals surface area contributed by atoms with E-state index in [4.69, 9.17) is 11.1 Å². The van der Waals surface area contributed by atoms with E-state index >= 15 is 0 Å². The fourth-order valence-corrected chi connectivity index (χ4v) is 3.14. The van der Waals surface area contributed by atoms with E-state index < -0.39 is 0 Å². The highest BCUT2D eigenvalue weighted by Crippen LogP contribution is 2.36. The van der Waals surface area contributed by atoms with E-state index in [2.05, 4.69) is 11.8 Å². The molecule has 1 aliphatic rings. The predicted molar refractivity (Wildman–Crippen MR) is 81.3 cm³/mol. The largest absolute Gasteiger partial charge is 0.395 e. The van der Waals surface area contributed by atoms with Crippen LogP contribution in [0, 0.1) is 5.41 Å². The van der Waals surface area contributed by atoms with Gasteiger partial charge in [0.05, 0.1) is 12.2 Å². The van der Waals surface area contributed by atoms with Gasteiger partial charge in [0.2, 0.25) is 0 Å². The van der Waals surface area contributed by atoms with Crippen molar-refractivity contribution in [3.63, 3.8) is 0 Å². The van der Waals surface area contributed by atoms with Crippen molar-refractivity contribution in [3.8, 4) is 0 Å². The first-order valence-electron chi connectivity index (χ1n) is 6.66. The molecule has 5 heteroatoms. The molecule has 0 bridgehead atoms. The Labute approximate surface area is 118 Å². The van der Waals surface area contributed by atoms with Gasteiger partial charge in [0, 0.05) is 23.2 Å². The number of nitrogens with two attached hydrogens (primary N) is 1. The normalized spacial score (nSPS) is 14.4. The number of nitrogens with zero attached hydrogens (tertiary/aromatic N) is 1. The molecule has 0 atom stereocenters. The van der Waals surface area contributed by atoms with Gasteiger partial charge in [0.25, 0.3) is 0 Å². The Morgan fingerprint density at radius 1 is 1.53 bits per heavy atom. The average molecular weight is 279 g/mol. The van der Waals surface area contributed by atoms with Crippen molar-refractivity contribution in [2.75, 3.05) is 23.8 Å². The van der Waals surface area contributed by atoms with Gasteiger partial charge in [-0.2, -0.15) is 0 Å². The van der Waals surface area contributed by atoms with Gasteiger partial charge in [-0.1, -0.05) is 13.0 Å². The molecule has 1 aliphatic carbocycles. The summed E-state index contributed by atoms with van der Waals surface area (Å²) in [5.74, 6) is 1.06. The van der Waals surface area contributed by atoms with Gasteiger partial charge < -0.3 is 15.7 Å². The molecule has 0 spiro atoms. The zero-order valence-corrected chi connectivity index (χ0v) is 12.0. The smallest absolute Gasteiger partial charge is 0.126 e. The molecular weight excluding hydrogens is 258 g/mol. The monoisotopic (exact) mass is 279 g/mol. The first kappa shape index (κ1) is 14.2.